The number of carbonyl (C=O) groups is 2. The highest BCUT2D eigenvalue weighted by atomic mass is 16.2. The molecule has 1 saturated carbocycles. The van der Waals surface area contributed by atoms with Crippen molar-refractivity contribution in [3.05, 3.63) is 30.3 Å². The Morgan fingerprint density at radius 1 is 1.04 bits per heavy atom. The van der Waals surface area contributed by atoms with Crippen LogP contribution in [0.4, 0.5) is 5.69 Å². The Morgan fingerprint density at radius 2 is 1.74 bits per heavy atom. The van der Waals surface area contributed by atoms with Crippen LogP contribution in [-0.4, -0.2) is 42.9 Å². The summed E-state index contributed by atoms with van der Waals surface area (Å²) in [6.07, 6.45) is 4.08. The molecule has 0 atom stereocenters. The van der Waals surface area contributed by atoms with Crippen LogP contribution in [-0.2, 0) is 9.59 Å². The van der Waals surface area contributed by atoms with Gasteiger partial charge in [0.1, 0.15) is 0 Å². The molecule has 2 N–H and O–H groups in total. The Morgan fingerprint density at radius 3 is 2.39 bits per heavy atom. The second-order valence-corrected chi connectivity index (χ2v) is 6.58. The first kappa shape index (κ1) is 16.0. The average Bonchev–Trinajstić information content (AvgIpc) is 3.40. The number of likely N-dealkylation sites (tertiary alicyclic amines) is 1. The molecule has 2 fully saturated rings. The van der Waals surface area contributed by atoms with E-state index in [4.69, 9.17) is 0 Å². The second kappa shape index (κ2) is 7.59. The summed E-state index contributed by atoms with van der Waals surface area (Å²) in [7, 11) is 0. The van der Waals surface area contributed by atoms with Gasteiger partial charge in [0, 0.05) is 24.7 Å². The zero-order valence-corrected chi connectivity index (χ0v) is 13.5. The number of anilines is 1. The Bertz CT molecular complexity index is 534. The molecule has 1 aliphatic heterocycles. The van der Waals surface area contributed by atoms with Gasteiger partial charge in [-0.3, -0.25) is 9.59 Å². The van der Waals surface area contributed by atoms with Crippen LogP contribution >= 0.6 is 0 Å². The van der Waals surface area contributed by atoms with Gasteiger partial charge in [0.2, 0.25) is 11.8 Å². The van der Waals surface area contributed by atoms with Gasteiger partial charge in [0.05, 0.1) is 6.54 Å². The predicted molar refractivity (Wildman–Crippen MR) is 90.0 cm³/mol. The number of amides is 2. The summed E-state index contributed by atoms with van der Waals surface area (Å²) in [5.74, 6) is 1.01. The van der Waals surface area contributed by atoms with Crippen LogP contribution in [0, 0.1) is 11.8 Å². The highest BCUT2D eigenvalue weighted by Crippen LogP contribution is 2.27. The zero-order chi connectivity index (χ0) is 16.1. The van der Waals surface area contributed by atoms with E-state index in [1.807, 2.05) is 35.2 Å². The van der Waals surface area contributed by atoms with E-state index in [1.54, 1.807) is 0 Å². The number of benzene rings is 1. The van der Waals surface area contributed by atoms with Crippen LogP contribution in [0.1, 0.15) is 25.7 Å². The van der Waals surface area contributed by atoms with Crippen molar-refractivity contribution < 1.29 is 9.59 Å². The first-order chi connectivity index (χ1) is 11.2. The molecule has 23 heavy (non-hydrogen) atoms. The van der Waals surface area contributed by atoms with Crippen molar-refractivity contribution in [1.29, 1.82) is 0 Å². The van der Waals surface area contributed by atoms with E-state index < -0.39 is 0 Å². The molecular formula is C18H25N3O2. The minimum Gasteiger partial charge on any atom is -0.342 e. The van der Waals surface area contributed by atoms with E-state index >= 15 is 0 Å². The van der Waals surface area contributed by atoms with Gasteiger partial charge in [0.15, 0.2) is 0 Å². The van der Waals surface area contributed by atoms with Gasteiger partial charge in [-0.2, -0.15) is 0 Å². The van der Waals surface area contributed by atoms with Crippen LogP contribution in [0.15, 0.2) is 30.3 Å². The highest BCUT2D eigenvalue weighted by molar-refractivity contribution is 5.92. The van der Waals surface area contributed by atoms with Gasteiger partial charge in [-0.25, -0.2) is 0 Å². The third kappa shape index (κ3) is 4.79. The van der Waals surface area contributed by atoms with Crippen molar-refractivity contribution in [2.45, 2.75) is 25.7 Å². The molecule has 0 unspecified atom stereocenters. The number of carbonyl (C=O) groups excluding carboxylic acids is 2. The molecule has 3 rings (SSSR count). The number of rotatable bonds is 6. The smallest absolute Gasteiger partial charge is 0.236 e. The first-order valence-electron chi connectivity index (χ1n) is 8.57. The lowest BCUT2D eigenvalue weighted by Crippen LogP contribution is -2.45. The molecule has 0 spiro atoms. The van der Waals surface area contributed by atoms with Gasteiger partial charge in [-0.05, 0) is 50.3 Å². The normalized spacial score (nSPS) is 18.7. The van der Waals surface area contributed by atoms with Gasteiger partial charge in [0.25, 0.3) is 0 Å². The van der Waals surface area contributed by atoms with Gasteiger partial charge < -0.3 is 15.5 Å². The summed E-state index contributed by atoms with van der Waals surface area (Å²) in [5, 5.41) is 6.20. The van der Waals surface area contributed by atoms with E-state index in [9.17, 15) is 9.59 Å². The van der Waals surface area contributed by atoms with Crippen LogP contribution in [0.2, 0.25) is 0 Å². The van der Waals surface area contributed by atoms with Crippen molar-refractivity contribution in [2.75, 3.05) is 31.5 Å². The quantitative estimate of drug-likeness (QED) is 0.842. The average molecular weight is 315 g/mol. The standard InChI is InChI=1S/C18H25N3O2/c22-17(13-19-12-14-6-7-14)21-10-8-15(9-11-21)18(23)20-16-4-2-1-3-5-16/h1-5,14-15,19H,6-13H2,(H,20,23). The molecular weight excluding hydrogens is 290 g/mol. The third-order valence-electron chi connectivity index (χ3n) is 4.67. The summed E-state index contributed by atoms with van der Waals surface area (Å²) >= 11 is 0. The summed E-state index contributed by atoms with van der Waals surface area (Å²) < 4.78 is 0. The number of hydrogen-bond acceptors (Lipinski definition) is 3. The fraction of sp³-hybridized carbons (Fsp3) is 0.556. The first-order valence-corrected chi connectivity index (χ1v) is 8.57. The number of nitrogens with one attached hydrogen (secondary N) is 2. The fourth-order valence-corrected chi connectivity index (χ4v) is 2.97. The monoisotopic (exact) mass is 315 g/mol. The Kier molecular flexibility index (Phi) is 5.28. The van der Waals surface area contributed by atoms with Crippen molar-refractivity contribution in [3.63, 3.8) is 0 Å². The molecule has 1 aromatic carbocycles. The van der Waals surface area contributed by atoms with E-state index in [-0.39, 0.29) is 17.7 Å². The van der Waals surface area contributed by atoms with Crippen LogP contribution in [0.25, 0.3) is 0 Å². The molecule has 2 amide bonds. The number of piperidine rings is 1. The molecule has 2 aliphatic rings. The van der Waals surface area contributed by atoms with Crippen LogP contribution in [0.3, 0.4) is 0 Å². The van der Waals surface area contributed by atoms with E-state index in [2.05, 4.69) is 10.6 Å². The SMILES string of the molecule is O=C(Nc1ccccc1)C1CCN(C(=O)CNCC2CC2)CC1. The summed E-state index contributed by atoms with van der Waals surface area (Å²) in [5.41, 5.74) is 0.834. The van der Waals surface area contributed by atoms with Crippen molar-refractivity contribution in [3.8, 4) is 0 Å². The molecule has 0 aromatic heterocycles. The van der Waals surface area contributed by atoms with Crippen molar-refractivity contribution in [2.24, 2.45) is 11.8 Å². The molecule has 1 aliphatic carbocycles. The summed E-state index contributed by atoms with van der Waals surface area (Å²) in [4.78, 5) is 26.3. The molecule has 1 aromatic rings. The van der Waals surface area contributed by atoms with Crippen molar-refractivity contribution >= 4 is 17.5 Å². The van der Waals surface area contributed by atoms with Gasteiger partial charge >= 0.3 is 0 Å². The molecule has 124 valence electrons. The largest absolute Gasteiger partial charge is 0.342 e. The summed E-state index contributed by atoms with van der Waals surface area (Å²) in [6.45, 7) is 2.74. The number of hydrogen-bond donors (Lipinski definition) is 2. The minimum atomic E-state index is -0.00122. The Hall–Kier alpha value is -1.88. The molecule has 5 heteroatoms. The van der Waals surface area contributed by atoms with Crippen LogP contribution in [0.5, 0.6) is 0 Å². The Labute approximate surface area is 137 Å². The molecule has 1 heterocycles. The third-order valence-corrected chi connectivity index (χ3v) is 4.67. The van der Waals surface area contributed by atoms with Gasteiger partial charge in [-0.15, -0.1) is 0 Å². The lowest BCUT2D eigenvalue weighted by Gasteiger charge is -2.31. The molecule has 1 saturated heterocycles. The zero-order valence-electron chi connectivity index (χ0n) is 13.5. The van der Waals surface area contributed by atoms with Gasteiger partial charge in [-0.1, -0.05) is 18.2 Å². The van der Waals surface area contributed by atoms with E-state index in [0.717, 1.165) is 31.0 Å². The van der Waals surface area contributed by atoms with E-state index in [1.165, 1.54) is 12.8 Å². The predicted octanol–water partition coefficient (Wildman–Crippen LogP) is 1.86. The summed E-state index contributed by atoms with van der Waals surface area (Å²) in [6, 6.07) is 9.53. The fourth-order valence-electron chi connectivity index (χ4n) is 2.97. The Balaban J connectivity index is 1.38. The lowest BCUT2D eigenvalue weighted by atomic mass is 9.95. The van der Waals surface area contributed by atoms with Crippen molar-refractivity contribution in [1.82, 2.24) is 10.2 Å². The topological polar surface area (TPSA) is 61.4 Å². The molecule has 5 nitrogen and oxygen atoms in total. The molecule has 0 bridgehead atoms. The van der Waals surface area contributed by atoms with E-state index in [0.29, 0.717) is 19.6 Å². The maximum Gasteiger partial charge on any atom is 0.236 e. The second-order valence-electron chi connectivity index (χ2n) is 6.58. The maximum atomic E-state index is 12.3. The maximum absolute atomic E-state index is 12.3. The van der Waals surface area contributed by atoms with Crippen LogP contribution < -0.4 is 10.6 Å². The number of para-hydroxylation sites is 1. The number of nitrogens with zero attached hydrogens (tertiary/aromatic N) is 1. The molecule has 0 radical (unpaired) electrons. The minimum absolute atomic E-state index is 0.00122. The highest BCUT2D eigenvalue weighted by Gasteiger charge is 2.27. The lowest BCUT2D eigenvalue weighted by molar-refractivity contribution is -0.133.